The molecule has 0 aromatic carbocycles. The average Bonchev–Trinajstić information content (AvgIpc) is 2.34. The number of fused-ring (bicyclic) bond motifs is 1. The number of anilines is 1. The minimum Gasteiger partial charge on any atom is -0.459 e. The van der Waals surface area contributed by atoms with Gasteiger partial charge in [-0.1, -0.05) is 0 Å². The fourth-order valence-electron chi connectivity index (χ4n) is 0.797. The molecular weight excluding hydrogens is 130 g/mol. The Morgan fingerprint density at radius 1 is 1.40 bits per heavy atom. The number of aromatic nitrogens is 2. The number of hydrogen-bond donors (Lipinski definition) is 1. The second-order valence-corrected chi connectivity index (χ2v) is 1.91. The minimum absolute atomic E-state index is 0.343. The van der Waals surface area contributed by atoms with Crippen LogP contribution in [-0.4, -0.2) is 10.2 Å². The molecule has 2 N–H and O–H groups in total. The van der Waals surface area contributed by atoms with E-state index in [-0.39, 0.29) is 0 Å². The van der Waals surface area contributed by atoms with Crippen LogP contribution in [0.15, 0.2) is 22.8 Å². The van der Waals surface area contributed by atoms with Crippen LogP contribution in [0, 0.1) is 0 Å². The van der Waals surface area contributed by atoms with Gasteiger partial charge in [-0.05, 0) is 12.1 Å². The lowest BCUT2D eigenvalue weighted by molar-refractivity contribution is 0.567. The molecule has 4 nitrogen and oxygen atoms in total. The summed E-state index contributed by atoms with van der Waals surface area (Å²) in [6, 6.07) is 3.54. The molecule has 0 atom stereocenters. The second-order valence-electron chi connectivity index (χ2n) is 1.91. The van der Waals surface area contributed by atoms with Crippen molar-refractivity contribution in [1.29, 1.82) is 0 Å². The van der Waals surface area contributed by atoms with Crippen molar-refractivity contribution >= 4 is 5.82 Å². The Hall–Kier alpha value is -1.58. The smallest absolute Gasteiger partial charge is 0.197 e. The molecule has 0 saturated heterocycles. The number of nitrogen functional groups attached to an aromatic ring is 1. The highest BCUT2D eigenvalue weighted by Gasteiger charge is 2.10. The van der Waals surface area contributed by atoms with E-state index in [9.17, 15) is 0 Å². The molecule has 10 heavy (non-hydrogen) atoms. The normalized spacial score (nSPS) is 10.4. The van der Waals surface area contributed by atoms with Crippen molar-refractivity contribution in [3.05, 3.63) is 18.4 Å². The molecule has 4 heteroatoms. The zero-order chi connectivity index (χ0) is 6.97. The lowest BCUT2D eigenvalue weighted by Gasteiger charge is -1.91. The van der Waals surface area contributed by atoms with Crippen LogP contribution in [0.4, 0.5) is 5.82 Å². The quantitative estimate of drug-likeness (QED) is 0.579. The molecule has 0 fully saturated rings. The first-order chi connectivity index (χ1) is 4.88. The first kappa shape index (κ1) is 5.22. The molecule has 0 amide bonds. The standard InChI is InChI=1S/C6H5N3O/c7-6-5-4(8-9-6)2-1-3-10-5/h1-3H,7H2. The van der Waals surface area contributed by atoms with Gasteiger partial charge in [-0.3, -0.25) is 0 Å². The van der Waals surface area contributed by atoms with E-state index in [0.29, 0.717) is 17.3 Å². The molecule has 0 spiro atoms. The first-order valence-electron chi connectivity index (χ1n) is 2.83. The number of hydrogen-bond acceptors (Lipinski definition) is 4. The van der Waals surface area contributed by atoms with Crippen LogP contribution in [0.5, 0.6) is 0 Å². The van der Waals surface area contributed by atoms with Gasteiger partial charge in [0.1, 0.15) is 5.69 Å². The van der Waals surface area contributed by atoms with Crippen molar-refractivity contribution in [2.24, 2.45) is 0 Å². The van der Waals surface area contributed by atoms with E-state index in [1.165, 1.54) is 0 Å². The van der Waals surface area contributed by atoms with Crippen LogP contribution in [0.2, 0.25) is 0 Å². The Labute approximate surface area is 57.0 Å². The average molecular weight is 135 g/mol. The monoisotopic (exact) mass is 135 g/mol. The summed E-state index contributed by atoms with van der Waals surface area (Å²) in [5.74, 6) is 0.901. The maximum Gasteiger partial charge on any atom is 0.197 e. The molecule has 0 unspecified atom stereocenters. The maximum atomic E-state index is 5.41. The van der Waals surface area contributed by atoms with Gasteiger partial charge in [0.2, 0.25) is 0 Å². The van der Waals surface area contributed by atoms with Gasteiger partial charge in [-0.2, -0.15) is 0 Å². The number of nitrogens with zero attached hydrogens (tertiary/aromatic N) is 2. The van der Waals surface area contributed by atoms with Gasteiger partial charge in [-0.25, -0.2) is 0 Å². The summed E-state index contributed by atoms with van der Waals surface area (Å²) in [5.41, 5.74) is 6.10. The third-order valence-electron chi connectivity index (χ3n) is 1.25. The van der Waals surface area contributed by atoms with Gasteiger partial charge in [0.05, 0.1) is 6.26 Å². The first-order valence-corrected chi connectivity index (χ1v) is 2.83. The summed E-state index contributed by atoms with van der Waals surface area (Å²) in [4.78, 5) is 0. The van der Waals surface area contributed by atoms with Gasteiger partial charge in [-0.15, -0.1) is 10.2 Å². The Morgan fingerprint density at radius 3 is 3.10 bits per heavy atom. The Kier molecular flexibility index (Phi) is 0.887. The highest BCUT2D eigenvalue weighted by atomic mass is 16.3. The van der Waals surface area contributed by atoms with E-state index >= 15 is 0 Å². The van der Waals surface area contributed by atoms with Crippen molar-refractivity contribution < 1.29 is 4.42 Å². The summed E-state index contributed by atoms with van der Waals surface area (Å²) < 4.78 is 5.03. The summed E-state index contributed by atoms with van der Waals surface area (Å²) in [7, 11) is 0. The number of rotatable bonds is 0. The van der Waals surface area contributed by atoms with E-state index in [0.717, 1.165) is 0 Å². The van der Waals surface area contributed by atoms with Gasteiger partial charge in [0.15, 0.2) is 11.6 Å². The van der Waals surface area contributed by atoms with Crippen LogP contribution in [0.3, 0.4) is 0 Å². The van der Waals surface area contributed by atoms with E-state index in [2.05, 4.69) is 10.2 Å². The zero-order valence-corrected chi connectivity index (χ0v) is 5.11. The maximum absolute atomic E-state index is 5.41. The molecule has 0 aromatic heterocycles. The van der Waals surface area contributed by atoms with Gasteiger partial charge < -0.3 is 10.2 Å². The molecule has 0 aromatic rings. The summed E-state index contributed by atoms with van der Waals surface area (Å²) in [6.45, 7) is 0. The van der Waals surface area contributed by atoms with Crippen molar-refractivity contribution in [2.45, 2.75) is 0 Å². The second kappa shape index (κ2) is 1.70. The molecular formula is C6H5N3O. The molecule has 2 aliphatic rings. The van der Waals surface area contributed by atoms with Gasteiger partial charge in [0.25, 0.3) is 0 Å². The summed E-state index contributed by atoms with van der Waals surface area (Å²) in [6.07, 6.45) is 1.54. The van der Waals surface area contributed by atoms with Crippen LogP contribution >= 0.6 is 0 Å². The Morgan fingerprint density at radius 2 is 2.30 bits per heavy atom. The van der Waals surface area contributed by atoms with Crippen LogP contribution in [0.1, 0.15) is 0 Å². The predicted molar refractivity (Wildman–Crippen MR) is 35.3 cm³/mol. The topological polar surface area (TPSA) is 64.9 Å². The van der Waals surface area contributed by atoms with Crippen LogP contribution in [0.25, 0.3) is 11.5 Å². The zero-order valence-electron chi connectivity index (χ0n) is 5.11. The third-order valence-corrected chi connectivity index (χ3v) is 1.25. The molecule has 2 rings (SSSR count). The molecule has 2 heterocycles. The molecule has 0 radical (unpaired) electrons. The molecule has 0 saturated carbocycles. The molecule has 0 bridgehead atoms. The molecule has 50 valence electrons. The lowest BCUT2D eigenvalue weighted by Crippen LogP contribution is -1.84. The van der Waals surface area contributed by atoms with Crippen molar-refractivity contribution in [3.8, 4) is 11.5 Å². The fourth-order valence-corrected chi connectivity index (χ4v) is 0.797. The SMILES string of the molecule is Nc1nnc2cccoc1-2. The summed E-state index contributed by atoms with van der Waals surface area (Å²) >= 11 is 0. The van der Waals surface area contributed by atoms with E-state index in [4.69, 9.17) is 10.2 Å². The van der Waals surface area contributed by atoms with Crippen molar-refractivity contribution in [1.82, 2.24) is 10.2 Å². The highest BCUT2D eigenvalue weighted by molar-refractivity contribution is 5.65. The molecule has 0 aliphatic carbocycles. The molecule has 2 aliphatic heterocycles. The van der Waals surface area contributed by atoms with E-state index in [1.807, 2.05) is 0 Å². The highest BCUT2D eigenvalue weighted by Crippen LogP contribution is 2.22. The third kappa shape index (κ3) is 0.556. The van der Waals surface area contributed by atoms with Crippen LogP contribution < -0.4 is 5.73 Å². The summed E-state index contributed by atoms with van der Waals surface area (Å²) in [5, 5.41) is 7.38. The lowest BCUT2D eigenvalue weighted by atomic mass is 10.3. The Balaban J connectivity index is 2.78. The van der Waals surface area contributed by atoms with Gasteiger partial charge >= 0.3 is 0 Å². The van der Waals surface area contributed by atoms with Gasteiger partial charge in [0, 0.05) is 0 Å². The predicted octanol–water partition coefficient (Wildman–Crippen LogP) is 0.757. The number of nitrogens with two attached hydrogens (primary N) is 1. The largest absolute Gasteiger partial charge is 0.459 e. The van der Waals surface area contributed by atoms with E-state index in [1.54, 1.807) is 18.4 Å². The van der Waals surface area contributed by atoms with Crippen LogP contribution in [-0.2, 0) is 0 Å². The minimum atomic E-state index is 0.343. The van der Waals surface area contributed by atoms with E-state index < -0.39 is 0 Å². The Bertz CT molecular complexity index is 317. The van der Waals surface area contributed by atoms with Crippen molar-refractivity contribution in [3.63, 3.8) is 0 Å². The fraction of sp³-hybridized carbons (Fsp3) is 0. The van der Waals surface area contributed by atoms with Crippen molar-refractivity contribution in [2.75, 3.05) is 5.73 Å².